The normalized spacial score (nSPS) is 12.3. The molecule has 0 bridgehead atoms. The molecule has 0 aliphatic carbocycles. The van der Waals surface area contributed by atoms with E-state index in [1.807, 2.05) is 6.07 Å². The average Bonchev–Trinajstić information content (AvgIpc) is 2.40. The quantitative estimate of drug-likeness (QED) is 0.652. The molecule has 2 heteroatoms. The minimum absolute atomic E-state index is 0.243. The van der Waals surface area contributed by atoms with E-state index in [0.29, 0.717) is 0 Å². The average molecular weight is 304 g/mol. The van der Waals surface area contributed by atoms with E-state index >= 15 is 0 Å². The van der Waals surface area contributed by atoms with E-state index in [-0.39, 0.29) is 10.8 Å². The number of hydrogen-bond acceptors (Lipinski definition) is 2. The summed E-state index contributed by atoms with van der Waals surface area (Å²) < 4.78 is 5.49. The van der Waals surface area contributed by atoms with Crippen molar-refractivity contribution in [2.75, 3.05) is 7.11 Å². The predicted octanol–water partition coefficient (Wildman–Crippen LogP) is 5.47. The fourth-order valence-corrected chi connectivity index (χ4v) is 2.52. The van der Waals surface area contributed by atoms with Gasteiger partial charge in [-0.25, -0.2) is 0 Å². The summed E-state index contributed by atoms with van der Waals surface area (Å²) in [7, 11) is 1.68. The lowest BCUT2D eigenvalue weighted by molar-refractivity contribution is 0.112. The van der Waals surface area contributed by atoms with Crippen LogP contribution in [-0.4, -0.2) is 13.4 Å². The Morgan fingerprint density at radius 2 is 1.50 bits per heavy atom. The number of ether oxygens (including phenoxy) is 1. The maximum atomic E-state index is 11.7. The van der Waals surface area contributed by atoms with Crippen LogP contribution in [0.2, 0.25) is 0 Å². The Bertz CT molecular complexity index is 502. The van der Waals surface area contributed by atoms with Gasteiger partial charge < -0.3 is 4.74 Å². The van der Waals surface area contributed by atoms with Gasteiger partial charge in [0.1, 0.15) is 5.75 Å². The first-order chi connectivity index (χ1) is 10.1. The molecule has 0 spiro atoms. The van der Waals surface area contributed by atoms with Crippen LogP contribution < -0.4 is 4.74 Å². The number of rotatable bonds is 6. The molecule has 0 amide bonds. The molecule has 0 heterocycles. The molecule has 0 saturated carbocycles. The van der Waals surface area contributed by atoms with Crippen molar-refractivity contribution < 1.29 is 9.53 Å². The van der Waals surface area contributed by atoms with Gasteiger partial charge in [-0.1, -0.05) is 47.6 Å². The molecule has 0 fully saturated rings. The van der Waals surface area contributed by atoms with Crippen LogP contribution in [0, 0.1) is 10.8 Å². The highest BCUT2D eigenvalue weighted by atomic mass is 16.5. The van der Waals surface area contributed by atoms with Crippen molar-refractivity contribution in [1.29, 1.82) is 0 Å². The molecule has 0 N–H and O–H groups in total. The third-order valence-electron chi connectivity index (χ3n) is 4.01. The highest BCUT2D eigenvalue weighted by molar-refractivity contribution is 5.81. The van der Waals surface area contributed by atoms with Gasteiger partial charge in [-0.15, -0.1) is 0 Å². The van der Waals surface area contributed by atoms with Crippen molar-refractivity contribution >= 4 is 6.29 Å². The van der Waals surface area contributed by atoms with Crippen molar-refractivity contribution in [3.63, 3.8) is 0 Å². The fourth-order valence-electron chi connectivity index (χ4n) is 2.52. The molecule has 0 aliphatic rings. The van der Waals surface area contributed by atoms with Crippen molar-refractivity contribution in [3.05, 3.63) is 28.8 Å². The van der Waals surface area contributed by atoms with E-state index in [9.17, 15) is 4.79 Å². The Kier molecular flexibility index (Phi) is 6.22. The zero-order valence-corrected chi connectivity index (χ0v) is 15.4. The Labute approximate surface area is 136 Å². The second kappa shape index (κ2) is 7.30. The van der Waals surface area contributed by atoms with E-state index < -0.39 is 0 Å². The number of aldehydes is 1. The molecule has 0 saturated heterocycles. The third-order valence-corrected chi connectivity index (χ3v) is 4.01. The molecule has 0 atom stereocenters. The monoisotopic (exact) mass is 304 g/mol. The van der Waals surface area contributed by atoms with Gasteiger partial charge >= 0.3 is 0 Å². The molecule has 0 radical (unpaired) electrons. The second-order valence-corrected chi connectivity index (χ2v) is 8.56. The molecular weight excluding hydrogens is 272 g/mol. The van der Waals surface area contributed by atoms with Gasteiger partial charge in [-0.05, 0) is 48.1 Å². The molecule has 124 valence electrons. The molecule has 1 aromatic rings. The predicted molar refractivity (Wildman–Crippen MR) is 93.9 cm³/mol. The topological polar surface area (TPSA) is 26.3 Å². The summed E-state index contributed by atoms with van der Waals surface area (Å²) in [6, 6.07) is 4.07. The van der Waals surface area contributed by atoms with Gasteiger partial charge in [0.05, 0.1) is 7.11 Å². The number of aryl methyl sites for hydroxylation is 1. The van der Waals surface area contributed by atoms with Crippen LogP contribution in [0.3, 0.4) is 0 Å². The van der Waals surface area contributed by atoms with Crippen LogP contribution in [-0.2, 0) is 12.8 Å². The van der Waals surface area contributed by atoms with Gasteiger partial charge in [-0.3, -0.25) is 4.79 Å². The molecule has 22 heavy (non-hydrogen) atoms. The maximum Gasteiger partial charge on any atom is 0.150 e. The van der Waals surface area contributed by atoms with Crippen LogP contribution in [0.15, 0.2) is 12.1 Å². The van der Waals surface area contributed by atoms with Crippen molar-refractivity contribution in [1.82, 2.24) is 0 Å². The number of benzene rings is 1. The lowest BCUT2D eigenvalue weighted by Gasteiger charge is -2.22. The lowest BCUT2D eigenvalue weighted by Crippen LogP contribution is -2.11. The molecule has 1 rings (SSSR count). The number of carbonyl (C=O) groups excluding carboxylic acids is 1. The van der Waals surface area contributed by atoms with Gasteiger partial charge in [-0.2, -0.15) is 0 Å². The van der Waals surface area contributed by atoms with Gasteiger partial charge in [0.25, 0.3) is 0 Å². The van der Waals surface area contributed by atoms with Crippen LogP contribution in [0.25, 0.3) is 0 Å². The van der Waals surface area contributed by atoms with E-state index in [2.05, 4.69) is 47.6 Å². The first-order valence-corrected chi connectivity index (χ1v) is 8.21. The van der Waals surface area contributed by atoms with Crippen molar-refractivity contribution in [2.24, 2.45) is 10.8 Å². The molecular formula is C20H32O2. The summed E-state index contributed by atoms with van der Waals surface area (Å²) in [5.41, 5.74) is 3.57. The standard InChI is InChI=1S/C20H32O2/c1-19(2,3)12-10-15-8-9-18(22-7)16(17(15)14-21)11-13-20(4,5)6/h8-9,14H,10-13H2,1-7H3. The van der Waals surface area contributed by atoms with Crippen molar-refractivity contribution in [2.45, 2.75) is 67.2 Å². The minimum Gasteiger partial charge on any atom is -0.496 e. The van der Waals surface area contributed by atoms with Gasteiger partial charge in [0.2, 0.25) is 0 Å². The first kappa shape index (κ1) is 18.7. The minimum atomic E-state index is 0.243. The highest BCUT2D eigenvalue weighted by Gasteiger charge is 2.18. The first-order valence-electron chi connectivity index (χ1n) is 8.21. The highest BCUT2D eigenvalue weighted by Crippen LogP contribution is 2.31. The Morgan fingerprint density at radius 3 is 1.95 bits per heavy atom. The summed E-state index contributed by atoms with van der Waals surface area (Å²) in [5.74, 6) is 0.839. The largest absolute Gasteiger partial charge is 0.496 e. The number of hydrogen-bond donors (Lipinski definition) is 0. The zero-order chi connectivity index (χ0) is 17.0. The van der Waals surface area contributed by atoms with Gasteiger partial charge in [0, 0.05) is 11.1 Å². The number of methoxy groups -OCH3 is 1. The Hall–Kier alpha value is -1.31. The lowest BCUT2D eigenvalue weighted by atomic mass is 9.84. The van der Waals surface area contributed by atoms with E-state index in [1.54, 1.807) is 7.11 Å². The molecule has 1 aromatic carbocycles. The second-order valence-electron chi connectivity index (χ2n) is 8.56. The zero-order valence-electron chi connectivity index (χ0n) is 15.4. The van der Waals surface area contributed by atoms with E-state index in [4.69, 9.17) is 4.74 Å². The van der Waals surface area contributed by atoms with Crippen molar-refractivity contribution in [3.8, 4) is 5.75 Å². The van der Waals surface area contributed by atoms with Crippen LogP contribution >= 0.6 is 0 Å². The molecule has 0 aliphatic heterocycles. The number of carbonyl (C=O) groups is 1. The molecule has 0 aromatic heterocycles. The fraction of sp³-hybridized carbons (Fsp3) is 0.650. The van der Waals surface area contributed by atoms with E-state index in [1.165, 1.54) is 0 Å². The smallest absolute Gasteiger partial charge is 0.150 e. The molecule has 2 nitrogen and oxygen atoms in total. The SMILES string of the molecule is COc1ccc(CCC(C)(C)C)c(C=O)c1CCC(C)(C)C. The Balaban J connectivity index is 3.12. The van der Waals surface area contributed by atoms with Crippen LogP contribution in [0.1, 0.15) is 75.9 Å². The van der Waals surface area contributed by atoms with Crippen LogP contribution in [0.4, 0.5) is 0 Å². The maximum absolute atomic E-state index is 11.7. The Morgan fingerprint density at radius 1 is 0.955 bits per heavy atom. The van der Waals surface area contributed by atoms with Crippen LogP contribution in [0.5, 0.6) is 5.75 Å². The molecule has 0 unspecified atom stereocenters. The van der Waals surface area contributed by atoms with E-state index in [0.717, 1.165) is 54.4 Å². The summed E-state index contributed by atoms with van der Waals surface area (Å²) in [6.07, 6.45) is 4.93. The summed E-state index contributed by atoms with van der Waals surface area (Å²) in [6.45, 7) is 13.4. The summed E-state index contributed by atoms with van der Waals surface area (Å²) in [4.78, 5) is 11.7. The summed E-state index contributed by atoms with van der Waals surface area (Å²) >= 11 is 0. The van der Waals surface area contributed by atoms with Gasteiger partial charge in [0.15, 0.2) is 6.29 Å². The summed E-state index contributed by atoms with van der Waals surface area (Å²) in [5, 5.41) is 0. The third kappa shape index (κ3) is 5.82.